The molecule has 1 N–H and O–H groups in total. The highest BCUT2D eigenvalue weighted by Gasteiger charge is 2.34. The Balaban J connectivity index is 1.43. The van der Waals surface area contributed by atoms with Crippen LogP contribution in [0.5, 0.6) is 17.2 Å². The van der Waals surface area contributed by atoms with E-state index in [4.69, 9.17) is 14.2 Å². The minimum atomic E-state index is -0.0884. The summed E-state index contributed by atoms with van der Waals surface area (Å²) in [5.74, 6) is 1.46. The first-order valence-electron chi connectivity index (χ1n) is 10.7. The van der Waals surface area contributed by atoms with Crippen LogP contribution in [0.15, 0.2) is 48.8 Å². The fourth-order valence-corrected chi connectivity index (χ4v) is 3.99. The van der Waals surface area contributed by atoms with E-state index < -0.39 is 0 Å². The van der Waals surface area contributed by atoms with Crippen molar-refractivity contribution < 1.29 is 19.0 Å². The van der Waals surface area contributed by atoms with Crippen LogP contribution in [0.2, 0.25) is 0 Å². The Labute approximate surface area is 190 Å². The number of aromatic nitrogens is 4. The van der Waals surface area contributed by atoms with Gasteiger partial charge in [0, 0.05) is 17.8 Å². The summed E-state index contributed by atoms with van der Waals surface area (Å²) in [5.41, 5.74) is 3.62. The lowest BCUT2D eigenvalue weighted by Gasteiger charge is -2.21. The van der Waals surface area contributed by atoms with Crippen molar-refractivity contribution >= 4 is 11.6 Å². The van der Waals surface area contributed by atoms with Crippen LogP contribution in [0.25, 0.3) is 16.9 Å². The van der Waals surface area contributed by atoms with Crippen molar-refractivity contribution in [3.8, 4) is 28.5 Å². The number of carbonyl (C=O) groups excluding carboxylic acids is 1. The van der Waals surface area contributed by atoms with Crippen molar-refractivity contribution in [3.05, 3.63) is 60.2 Å². The van der Waals surface area contributed by atoms with E-state index in [2.05, 4.69) is 15.2 Å². The number of aromatic amines is 1. The molecule has 1 aromatic carbocycles. The Bertz CT molecular complexity index is 1280. The Morgan fingerprint density at radius 1 is 1.12 bits per heavy atom. The molecule has 0 aliphatic heterocycles. The average Bonchev–Trinajstić information content (AvgIpc) is 3.42. The lowest BCUT2D eigenvalue weighted by atomic mass is 10.1. The van der Waals surface area contributed by atoms with Gasteiger partial charge < -0.3 is 23.5 Å². The van der Waals surface area contributed by atoms with Crippen molar-refractivity contribution in [3.63, 3.8) is 0 Å². The van der Waals surface area contributed by atoms with E-state index in [9.17, 15) is 4.79 Å². The van der Waals surface area contributed by atoms with E-state index in [1.54, 1.807) is 27.4 Å². The third kappa shape index (κ3) is 3.86. The number of nitrogens with one attached hydrogen (secondary N) is 1. The highest BCUT2D eigenvalue weighted by Crippen LogP contribution is 2.41. The standard InChI is InChI=1S/C24H25N5O4/c1-31-20-10-15(11-21(32-2)23(20)33-3)18-12-19(27-26-18)24(30)29(16-7-8-16)14-17-13-25-22-6-4-5-9-28(17)22/h4-6,9-13,16H,7-8,14H2,1-3H3,(H,26,27). The Morgan fingerprint density at radius 2 is 1.88 bits per heavy atom. The molecule has 3 heterocycles. The van der Waals surface area contributed by atoms with Gasteiger partial charge in [-0.2, -0.15) is 5.10 Å². The SMILES string of the molecule is COc1cc(-c2cc(C(=O)N(Cc3cnc4ccccn34)C3CC3)[nH]n2)cc(OC)c1OC. The van der Waals surface area contributed by atoms with Gasteiger partial charge in [0.15, 0.2) is 11.5 Å². The smallest absolute Gasteiger partial charge is 0.272 e. The van der Waals surface area contributed by atoms with Gasteiger partial charge in [-0.25, -0.2) is 4.98 Å². The number of fused-ring (bicyclic) bond motifs is 1. The quantitative estimate of drug-likeness (QED) is 0.444. The first-order chi connectivity index (χ1) is 16.1. The molecule has 0 bridgehead atoms. The van der Waals surface area contributed by atoms with Gasteiger partial charge in [-0.05, 0) is 43.2 Å². The van der Waals surface area contributed by atoms with Crippen LogP contribution in [-0.2, 0) is 6.54 Å². The van der Waals surface area contributed by atoms with Crippen molar-refractivity contribution in [1.82, 2.24) is 24.5 Å². The van der Waals surface area contributed by atoms with Gasteiger partial charge in [-0.15, -0.1) is 0 Å². The van der Waals surface area contributed by atoms with Gasteiger partial charge in [-0.3, -0.25) is 9.89 Å². The minimum Gasteiger partial charge on any atom is -0.493 e. The van der Waals surface area contributed by atoms with Gasteiger partial charge in [0.25, 0.3) is 5.91 Å². The first kappa shape index (κ1) is 20.9. The van der Waals surface area contributed by atoms with Gasteiger partial charge in [0.2, 0.25) is 5.75 Å². The number of ether oxygens (including phenoxy) is 3. The zero-order valence-electron chi connectivity index (χ0n) is 18.7. The summed E-state index contributed by atoms with van der Waals surface area (Å²) in [6.45, 7) is 0.479. The van der Waals surface area contributed by atoms with E-state index in [-0.39, 0.29) is 11.9 Å². The van der Waals surface area contributed by atoms with E-state index in [0.717, 1.165) is 29.7 Å². The maximum Gasteiger partial charge on any atom is 0.272 e. The zero-order valence-corrected chi connectivity index (χ0v) is 18.7. The number of amides is 1. The molecule has 0 spiro atoms. The molecule has 1 amide bonds. The van der Waals surface area contributed by atoms with Crippen molar-refractivity contribution in [2.45, 2.75) is 25.4 Å². The minimum absolute atomic E-state index is 0.0884. The monoisotopic (exact) mass is 447 g/mol. The second-order valence-electron chi connectivity index (χ2n) is 7.92. The molecular formula is C24H25N5O4. The molecule has 33 heavy (non-hydrogen) atoms. The van der Waals surface area contributed by atoms with Gasteiger partial charge in [-0.1, -0.05) is 6.07 Å². The summed E-state index contributed by atoms with van der Waals surface area (Å²) in [6.07, 6.45) is 5.78. The Kier molecular flexibility index (Phi) is 5.37. The van der Waals surface area contributed by atoms with Crippen LogP contribution >= 0.6 is 0 Å². The van der Waals surface area contributed by atoms with Crippen LogP contribution in [-0.4, -0.2) is 57.8 Å². The number of benzene rings is 1. The number of H-pyrrole nitrogens is 1. The van der Waals surface area contributed by atoms with Gasteiger partial charge in [0.05, 0.1) is 45.5 Å². The molecule has 1 aliphatic carbocycles. The number of rotatable bonds is 8. The molecule has 3 aromatic heterocycles. The number of carbonyl (C=O) groups is 1. The normalized spacial score (nSPS) is 13.2. The molecule has 0 atom stereocenters. The third-order valence-electron chi connectivity index (χ3n) is 5.84. The average molecular weight is 447 g/mol. The van der Waals surface area contributed by atoms with Gasteiger partial charge >= 0.3 is 0 Å². The zero-order chi connectivity index (χ0) is 22.9. The summed E-state index contributed by atoms with van der Waals surface area (Å²) in [5, 5.41) is 7.29. The summed E-state index contributed by atoms with van der Waals surface area (Å²) in [6, 6.07) is 11.5. The Morgan fingerprint density at radius 3 is 2.55 bits per heavy atom. The molecule has 0 saturated heterocycles. The fourth-order valence-electron chi connectivity index (χ4n) is 3.99. The maximum absolute atomic E-state index is 13.4. The number of hydrogen-bond donors (Lipinski definition) is 1. The van der Waals surface area contributed by atoms with Crippen LogP contribution in [0, 0.1) is 0 Å². The van der Waals surface area contributed by atoms with E-state index in [0.29, 0.717) is 35.2 Å². The fraction of sp³-hybridized carbons (Fsp3) is 0.292. The molecule has 1 fully saturated rings. The first-order valence-corrected chi connectivity index (χ1v) is 10.7. The predicted molar refractivity (Wildman–Crippen MR) is 122 cm³/mol. The number of methoxy groups -OCH3 is 3. The molecule has 5 rings (SSSR count). The highest BCUT2D eigenvalue weighted by atomic mass is 16.5. The summed E-state index contributed by atoms with van der Waals surface area (Å²) < 4.78 is 18.3. The van der Waals surface area contributed by atoms with E-state index >= 15 is 0 Å². The molecule has 9 nitrogen and oxygen atoms in total. The largest absolute Gasteiger partial charge is 0.493 e. The molecule has 0 unspecified atom stereocenters. The summed E-state index contributed by atoms with van der Waals surface area (Å²) in [4.78, 5) is 19.8. The number of hydrogen-bond acceptors (Lipinski definition) is 6. The lowest BCUT2D eigenvalue weighted by molar-refractivity contribution is 0.0721. The molecule has 9 heteroatoms. The second-order valence-corrected chi connectivity index (χ2v) is 7.92. The topological polar surface area (TPSA) is 94.0 Å². The van der Waals surface area contributed by atoms with E-state index in [1.165, 1.54) is 0 Å². The van der Waals surface area contributed by atoms with Crippen molar-refractivity contribution in [2.75, 3.05) is 21.3 Å². The molecule has 1 saturated carbocycles. The van der Waals surface area contributed by atoms with Gasteiger partial charge in [0.1, 0.15) is 11.3 Å². The second kappa shape index (κ2) is 8.50. The Hall–Kier alpha value is -4.01. The third-order valence-corrected chi connectivity index (χ3v) is 5.84. The van der Waals surface area contributed by atoms with Crippen LogP contribution < -0.4 is 14.2 Å². The molecule has 170 valence electrons. The maximum atomic E-state index is 13.4. The summed E-state index contributed by atoms with van der Waals surface area (Å²) in [7, 11) is 4.68. The van der Waals surface area contributed by atoms with E-state index in [1.807, 2.05) is 52.0 Å². The lowest BCUT2D eigenvalue weighted by Crippen LogP contribution is -2.33. The van der Waals surface area contributed by atoms with Crippen LogP contribution in [0.4, 0.5) is 0 Å². The van der Waals surface area contributed by atoms with Crippen molar-refractivity contribution in [1.29, 1.82) is 0 Å². The number of nitrogens with zero attached hydrogens (tertiary/aromatic N) is 4. The van der Waals surface area contributed by atoms with Crippen molar-refractivity contribution in [2.24, 2.45) is 0 Å². The molecular weight excluding hydrogens is 422 g/mol. The molecule has 1 aliphatic rings. The molecule has 0 radical (unpaired) electrons. The highest BCUT2D eigenvalue weighted by molar-refractivity contribution is 5.94. The molecule has 4 aromatic rings. The summed E-state index contributed by atoms with van der Waals surface area (Å²) >= 11 is 0. The van der Waals surface area contributed by atoms with Crippen LogP contribution in [0.1, 0.15) is 29.0 Å². The number of imidazole rings is 1. The van der Waals surface area contributed by atoms with Crippen LogP contribution in [0.3, 0.4) is 0 Å². The number of pyridine rings is 1. The predicted octanol–water partition coefficient (Wildman–Crippen LogP) is 3.56.